The van der Waals surface area contributed by atoms with E-state index in [-0.39, 0.29) is 5.91 Å². The van der Waals surface area contributed by atoms with Crippen molar-refractivity contribution in [3.8, 4) is 11.5 Å². The van der Waals surface area contributed by atoms with Gasteiger partial charge in [0.25, 0.3) is 0 Å². The van der Waals surface area contributed by atoms with Crippen LogP contribution in [0.2, 0.25) is 0 Å². The van der Waals surface area contributed by atoms with Gasteiger partial charge in [-0.05, 0) is 18.6 Å². The number of nitrogens with two attached hydrogens (primary N) is 1. The van der Waals surface area contributed by atoms with Crippen LogP contribution in [-0.4, -0.2) is 36.6 Å². The Kier molecular flexibility index (Phi) is 7.42. The molecular formula is C16H23N5O3S. The lowest BCUT2D eigenvalue weighted by Gasteiger charge is -2.04. The van der Waals surface area contributed by atoms with Gasteiger partial charge >= 0.3 is 0 Å². The molecule has 0 atom stereocenters. The van der Waals surface area contributed by atoms with Crippen LogP contribution in [0.1, 0.15) is 26.0 Å². The Morgan fingerprint density at radius 2 is 2.24 bits per heavy atom. The molecule has 0 saturated heterocycles. The Hall–Kier alpha value is -2.39. The van der Waals surface area contributed by atoms with E-state index in [4.69, 9.17) is 14.9 Å². The first-order valence-electron chi connectivity index (χ1n) is 8.03. The van der Waals surface area contributed by atoms with Crippen molar-refractivity contribution in [2.45, 2.75) is 26.8 Å². The summed E-state index contributed by atoms with van der Waals surface area (Å²) in [4.78, 5) is 19.5. The molecular weight excluding hydrogens is 342 g/mol. The number of hydrogen-bond acceptors (Lipinski definition) is 6. The molecule has 0 saturated carbocycles. The second kappa shape index (κ2) is 9.80. The quantitative estimate of drug-likeness (QED) is 0.356. The van der Waals surface area contributed by atoms with Crippen LogP contribution in [0.15, 0.2) is 26.9 Å². The lowest BCUT2D eigenvalue weighted by molar-refractivity contribution is -0.119. The van der Waals surface area contributed by atoms with Gasteiger partial charge in [-0.3, -0.25) is 4.79 Å². The van der Waals surface area contributed by atoms with Gasteiger partial charge in [0.15, 0.2) is 11.7 Å². The predicted octanol–water partition coefficient (Wildman–Crippen LogP) is 2.00. The predicted molar refractivity (Wildman–Crippen MR) is 97.7 cm³/mol. The lowest BCUT2D eigenvalue weighted by Crippen LogP contribution is -2.33. The third-order valence-electron chi connectivity index (χ3n) is 3.03. The largest absolute Gasteiger partial charge is 0.458 e. The molecule has 0 radical (unpaired) electrons. The molecule has 0 bridgehead atoms. The van der Waals surface area contributed by atoms with Gasteiger partial charge in [0, 0.05) is 25.5 Å². The van der Waals surface area contributed by atoms with Crippen LogP contribution in [-0.2, 0) is 16.1 Å². The van der Waals surface area contributed by atoms with E-state index in [1.807, 2.05) is 11.4 Å². The summed E-state index contributed by atoms with van der Waals surface area (Å²) < 4.78 is 11.0. The maximum Gasteiger partial charge on any atom is 0.217 e. The Bertz CT molecular complexity index is 710. The van der Waals surface area contributed by atoms with Crippen molar-refractivity contribution < 1.29 is 13.9 Å². The number of rotatable bonds is 9. The number of nitrogens with one attached hydrogen (secondary N) is 2. The van der Waals surface area contributed by atoms with E-state index in [9.17, 15) is 4.79 Å². The van der Waals surface area contributed by atoms with E-state index in [1.54, 1.807) is 6.07 Å². The van der Waals surface area contributed by atoms with Crippen molar-refractivity contribution in [3.63, 3.8) is 0 Å². The van der Waals surface area contributed by atoms with Crippen molar-refractivity contribution in [2.24, 2.45) is 10.7 Å². The van der Waals surface area contributed by atoms with Crippen molar-refractivity contribution in [3.05, 3.63) is 23.3 Å². The Morgan fingerprint density at radius 3 is 3.00 bits per heavy atom. The molecule has 0 unspecified atom stereocenters. The molecule has 2 heterocycles. The third-order valence-corrected chi connectivity index (χ3v) is 3.77. The molecule has 4 N–H and O–H groups in total. The zero-order chi connectivity index (χ0) is 18.1. The summed E-state index contributed by atoms with van der Waals surface area (Å²) >= 11 is 1.37. The topological polar surface area (TPSA) is 115 Å². The van der Waals surface area contributed by atoms with Crippen LogP contribution in [0.5, 0.6) is 0 Å². The SMILES string of the molecule is CCCOCCN/C(N)=N/c1nc(-c2ccc(CNC(C)=O)o2)cs1. The maximum absolute atomic E-state index is 10.9. The summed E-state index contributed by atoms with van der Waals surface area (Å²) in [6.45, 7) is 5.78. The van der Waals surface area contributed by atoms with Crippen LogP contribution in [0.25, 0.3) is 11.5 Å². The van der Waals surface area contributed by atoms with Crippen molar-refractivity contribution in [1.29, 1.82) is 0 Å². The zero-order valence-electron chi connectivity index (χ0n) is 14.4. The minimum absolute atomic E-state index is 0.105. The van der Waals surface area contributed by atoms with Gasteiger partial charge in [0.05, 0.1) is 13.2 Å². The van der Waals surface area contributed by atoms with Crippen LogP contribution in [0, 0.1) is 0 Å². The van der Waals surface area contributed by atoms with E-state index >= 15 is 0 Å². The van der Waals surface area contributed by atoms with Gasteiger partial charge in [0.2, 0.25) is 11.0 Å². The lowest BCUT2D eigenvalue weighted by atomic mass is 10.3. The highest BCUT2D eigenvalue weighted by molar-refractivity contribution is 7.13. The van der Waals surface area contributed by atoms with E-state index in [2.05, 4.69) is 27.5 Å². The first kappa shape index (κ1) is 18.9. The van der Waals surface area contributed by atoms with Gasteiger partial charge in [-0.1, -0.05) is 6.92 Å². The molecule has 1 amide bonds. The summed E-state index contributed by atoms with van der Waals surface area (Å²) in [5.41, 5.74) is 6.50. The van der Waals surface area contributed by atoms with Crippen LogP contribution in [0.4, 0.5) is 5.13 Å². The van der Waals surface area contributed by atoms with Gasteiger partial charge in [-0.25, -0.2) is 4.98 Å². The van der Waals surface area contributed by atoms with Crippen LogP contribution in [0.3, 0.4) is 0 Å². The number of carbonyl (C=O) groups is 1. The molecule has 0 aliphatic heterocycles. The van der Waals surface area contributed by atoms with Crippen LogP contribution >= 0.6 is 11.3 Å². The highest BCUT2D eigenvalue weighted by Gasteiger charge is 2.09. The third kappa shape index (κ3) is 6.55. The molecule has 0 aliphatic carbocycles. The molecule has 25 heavy (non-hydrogen) atoms. The molecule has 0 fully saturated rings. The summed E-state index contributed by atoms with van der Waals surface area (Å²) in [5.74, 6) is 1.48. The smallest absolute Gasteiger partial charge is 0.217 e. The fourth-order valence-electron chi connectivity index (χ4n) is 1.89. The number of ether oxygens (including phenoxy) is 1. The average molecular weight is 365 g/mol. The highest BCUT2D eigenvalue weighted by atomic mass is 32.1. The Morgan fingerprint density at radius 1 is 1.40 bits per heavy atom. The number of aromatic nitrogens is 1. The number of nitrogens with zero attached hydrogens (tertiary/aromatic N) is 2. The van der Waals surface area contributed by atoms with Gasteiger partial charge < -0.3 is 25.5 Å². The second-order valence-electron chi connectivity index (χ2n) is 5.23. The van der Waals surface area contributed by atoms with E-state index in [0.717, 1.165) is 13.0 Å². The molecule has 136 valence electrons. The van der Waals surface area contributed by atoms with Crippen molar-refractivity contribution >= 4 is 28.3 Å². The summed E-state index contributed by atoms with van der Waals surface area (Å²) in [5, 5.41) is 8.04. The van der Waals surface area contributed by atoms with E-state index in [1.165, 1.54) is 18.3 Å². The van der Waals surface area contributed by atoms with Crippen LogP contribution < -0.4 is 16.4 Å². The molecule has 2 aromatic rings. The minimum Gasteiger partial charge on any atom is -0.458 e. The summed E-state index contributed by atoms with van der Waals surface area (Å²) in [6, 6.07) is 3.62. The molecule has 2 rings (SSSR count). The second-order valence-corrected chi connectivity index (χ2v) is 6.06. The molecule has 9 heteroatoms. The Balaban J connectivity index is 1.88. The average Bonchev–Trinajstić information content (AvgIpc) is 3.21. The normalized spacial score (nSPS) is 11.5. The number of carbonyl (C=O) groups excluding carboxylic acids is 1. The van der Waals surface area contributed by atoms with Gasteiger partial charge in [-0.2, -0.15) is 4.99 Å². The highest BCUT2D eigenvalue weighted by Crippen LogP contribution is 2.28. The minimum atomic E-state index is -0.105. The number of hydrogen-bond donors (Lipinski definition) is 3. The van der Waals surface area contributed by atoms with E-state index < -0.39 is 0 Å². The number of amides is 1. The summed E-state index contributed by atoms with van der Waals surface area (Å²) in [6.07, 6.45) is 0.991. The molecule has 0 aliphatic rings. The van der Waals surface area contributed by atoms with Gasteiger partial charge in [-0.15, -0.1) is 11.3 Å². The number of thiazole rings is 1. The fourth-order valence-corrected chi connectivity index (χ4v) is 2.58. The summed E-state index contributed by atoms with van der Waals surface area (Å²) in [7, 11) is 0. The number of aliphatic imine (C=N–C) groups is 1. The fraction of sp³-hybridized carbons (Fsp3) is 0.438. The molecule has 8 nitrogen and oxygen atoms in total. The zero-order valence-corrected chi connectivity index (χ0v) is 15.2. The van der Waals surface area contributed by atoms with Gasteiger partial charge in [0.1, 0.15) is 11.5 Å². The maximum atomic E-state index is 10.9. The van der Waals surface area contributed by atoms with E-state index in [0.29, 0.717) is 48.0 Å². The van der Waals surface area contributed by atoms with Crippen molar-refractivity contribution in [1.82, 2.24) is 15.6 Å². The first-order valence-corrected chi connectivity index (χ1v) is 8.91. The first-order chi connectivity index (χ1) is 12.1. The monoisotopic (exact) mass is 365 g/mol. The molecule has 0 spiro atoms. The number of guanidine groups is 1. The molecule has 2 aromatic heterocycles. The van der Waals surface area contributed by atoms with Crippen molar-refractivity contribution in [2.75, 3.05) is 19.8 Å². The Labute approximate surface area is 150 Å². The standard InChI is InChI=1S/C16H23N5O3S/c1-3-7-23-8-6-18-15(17)21-16-20-13(10-25-16)14-5-4-12(24-14)9-19-11(2)22/h4-5,10H,3,6-9H2,1-2H3,(H,19,22)(H3,17,18,20,21). The number of furan rings is 1. The molecule has 0 aromatic carbocycles.